The second kappa shape index (κ2) is 4.48. The van der Waals surface area contributed by atoms with Crippen LogP contribution in [0.3, 0.4) is 0 Å². The lowest BCUT2D eigenvalue weighted by Gasteiger charge is -1.90. The van der Waals surface area contributed by atoms with Crippen molar-refractivity contribution in [3.8, 4) is 0 Å². The number of Topliss-reactive ketones (excluding diaryl/α,β-unsaturated/α-hetero) is 1. The molecule has 0 aliphatic rings. The molecule has 0 unspecified atom stereocenters. The number of nitrogens with zero attached hydrogens (tertiary/aromatic N) is 1. The van der Waals surface area contributed by atoms with Crippen molar-refractivity contribution in [2.75, 3.05) is 0 Å². The Morgan fingerprint density at radius 2 is 2.36 bits per heavy atom. The minimum absolute atomic E-state index is 0. The van der Waals surface area contributed by atoms with E-state index in [-0.39, 0.29) is 29.8 Å². The largest absolute Gasteiger partial charge is 1.00 e. The van der Waals surface area contributed by atoms with Crippen molar-refractivity contribution < 1.29 is 33.3 Å². The Labute approximate surface area is 82.8 Å². The molecule has 1 N–H and O–H groups in total. The number of halogens is 1. The first-order valence-electron chi connectivity index (χ1n) is 3.23. The van der Waals surface area contributed by atoms with E-state index >= 15 is 0 Å². The zero-order valence-electron chi connectivity index (χ0n) is 6.60. The van der Waals surface area contributed by atoms with Crippen molar-refractivity contribution in [1.29, 1.82) is 0 Å². The molecule has 0 fully saturated rings. The number of hydrogen-bond donors (Lipinski definition) is 1. The topological polar surface area (TPSA) is 36.7 Å². The Bertz CT molecular complexity index is 244. The predicted octanol–water partition coefficient (Wildman–Crippen LogP) is -2.80. The average molecular weight is 266 g/mol. The highest BCUT2D eigenvalue weighted by Crippen LogP contribution is 1.81. The standard InChI is InChI=1S/C7H10N2O.HI/c1-6(10)5-9-4-3-8-7(9)2;/h3-4H,5H2,1-2H3;1H. The van der Waals surface area contributed by atoms with Crippen molar-refractivity contribution in [2.24, 2.45) is 0 Å². The molecule has 0 aromatic carbocycles. The van der Waals surface area contributed by atoms with Gasteiger partial charge >= 0.3 is 0 Å². The Morgan fingerprint density at radius 1 is 1.73 bits per heavy atom. The summed E-state index contributed by atoms with van der Waals surface area (Å²) in [6.45, 7) is 3.98. The van der Waals surface area contributed by atoms with Gasteiger partial charge in [0.25, 0.3) is 5.82 Å². The maximum absolute atomic E-state index is 10.6. The third-order valence-electron chi connectivity index (χ3n) is 1.37. The fraction of sp³-hybridized carbons (Fsp3) is 0.429. The number of carbonyl (C=O) groups excluding carboxylic acids is 1. The lowest BCUT2D eigenvalue weighted by Crippen LogP contribution is -3.00. The van der Waals surface area contributed by atoms with Gasteiger partial charge in [-0.1, -0.05) is 0 Å². The molecule has 62 valence electrons. The van der Waals surface area contributed by atoms with Gasteiger partial charge in [-0.2, -0.15) is 0 Å². The van der Waals surface area contributed by atoms with Crippen LogP contribution in [0.15, 0.2) is 12.4 Å². The Morgan fingerprint density at radius 3 is 2.73 bits per heavy atom. The van der Waals surface area contributed by atoms with E-state index in [1.807, 2.05) is 23.9 Å². The van der Waals surface area contributed by atoms with Crippen LogP contribution in [-0.4, -0.2) is 10.8 Å². The molecular formula is C7H11IN2O. The molecule has 0 aliphatic carbocycles. The number of imidazole rings is 1. The number of rotatable bonds is 2. The second-order valence-electron chi connectivity index (χ2n) is 2.38. The van der Waals surface area contributed by atoms with Crippen molar-refractivity contribution in [3.05, 3.63) is 18.2 Å². The van der Waals surface area contributed by atoms with Gasteiger partial charge < -0.3 is 24.0 Å². The van der Waals surface area contributed by atoms with E-state index in [2.05, 4.69) is 4.98 Å². The molecule has 1 rings (SSSR count). The van der Waals surface area contributed by atoms with Gasteiger partial charge in [0.1, 0.15) is 18.9 Å². The lowest BCUT2D eigenvalue weighted by atomic mass is 10.4. The second-order valence-corrected chi connectivity index (χ2v) is 2.38. The monoisotopic (exact) mass is 266 g/mol. The number of nitrogens with one attached hydrogen (secondary N) is 1. The number of aryl methyl sites for hydroxylation is 1. The molecule has 0 spiro atoms. The summed E-state index contributed by atoms with van der Waals surface area (Å²) in [6.07, 6.45) is 3.68. The molecule has 0 saturated carbocycles. The number of aromatic nitrogens is 2. The highest BCUT2D eigenvalue weighted by molar-refractivity contribution is 5.73. The van der Waals surface area contributed by atoms with Crippen molar-refractivity contribution in [2.45, 2.75) is 20.4 Å². The lowest BCUT2D eigenvalue weighted by molar-refractivity contribution is -0.688. The molecule has 0 radical (unpaired) electrons. The van der Waals surface area contributed by atoms with Crippen LogP contribution in [0.2, 0.25) is 0 Å². The molecule has 3 nitrogen and oxygen atoms in total. The summed E-state index contributed by atoms with van der Waals surface area (Å²) < 4.78 is 1.88. The first kappa shape index (κ1) is 10.6. The minimum atomic E-state index is 0. The van der Waals surface area contributed by atoms with E-state index in [1.54, 1.807) is 6.92 Å². The van der Waals surface area contributed by atoms with E-state index in [4.69, 9.17) is 0 Å². The van der Waals surface area contributed by atoms with Gasteiger partial charge in [-0.25, -0.2) is 9.55 Å². The third-order valence-corrected chi connectivity index (χ3v) is 1.37. The van der Waals surface area contributed by atoms with Crippen molar-refractivity contribution >= 4 is 5.78 Å². The minimum Gasteiger partial charge on any atom is -1.00 e. The molecule has 0 amide bonds. The van der Waals surface area contributed by atoms with Crippen LogP contribution in [-0.2, 0) is 11.3 Å². The summed E-state index contributed by atoms with van der Waals surface area (Å²) in [7, 11) is 0. The van der Waals surface area contributed by atoms with Crippen LogP contribution < -0.4 is 28.5 Å². The van der Waals surface area contributed by atoms with Gasteiger partial charge in [-0.3, -0.25) is 4.79 Å². The van der Waals surface area contributed by atoms with Crippen LogP contribution in [0.25, 0.3) is 0 Å². The van der Waals surface area contributed by atoms with E-state index in [0.717, 1.165) is 5.82 Å². The van der Waals surface area contributed by atoms with Crippen molar-refractivity contribution in [1.82, 2.24) is 4.98 Å². The number of carbonyl (C=O) groups is 1. The number of aromatic amines is 1. The Balaban J connectivity index is 0.000001000. The maximum atomic E-state index is 10.6. The van der Waals surface area contributed by atoms with Gasteiger partial charge in [-0.05, 0) is 6.92 Å². The molecule has 1 aromatic rings. The first-order chi connectivity index (χ1) is 4.70. The molecule has 0 atom stereocenters. The summed E-state index contributed by atoms with van der Waals surface area (Å²) in [5, 5.41) is 0. The molecule has 0 saturated heterocycles. The smallest absolute Gasteiger partial charge is 0.251 e. The van der Waals surface area contributed by atoms with E-state index in [1.165, 1.54) is 0 Å². The summed E-state index contributed by atoms with van der Waals surface area (Å²) in [5.41, 5.74) is 0. The first-order valence-corrected chi connectivity index (χ1v) is 3.23. The van der Waals surface area contributed by atoms with Gasteiger partial charge in [-0.15, -0.1) is 0 Å². The molecule has 1 heterocycles. The predicted molar refractivity (Wildman–Crippen MR) is 36.4 cm³/mol. The van der Waals surface area contributed by atoms with Crippen molar-refractivity contribution in [3.63, 3.8) is 0 Å². The van der Waals surface area contributed by atoms with Crippen LogP contribution >= 0.6 is 0 Å². The van der Waals surface area contributed by atoms with Gasteiger partial charge in [0.2, 0.25) is 0 Å². The summed E-state index contributed by atoms with van der Waals surface area (Å²) >= 11 is 0. The van der Waals surface area contributed by atoms with Gasteiger partial charge in [0.05, 0.1) is 0 Å². The summed E-state index contributed by atoms with van der Waals surface area (Å²) in [4.78, 5) is 13.6. The Hall–Kier alpha value is -0.390. The number of ketones is 1. The zero-order valence-corrected chi connectivity index (χ0v) is 8.75. The molecule has 0 bridgehead atoms. The van der Waals surface area contributed by atoms with Crippen LogP contribution in [0.1, 0.15) is 12.7 Å². The molecular weight excluding hydrogens is 255 g/mol. The van der Waals surface area contributed by atoms with Crippen LogP contribution in [0.4, 0.5) is 0 Å². The quantitative estimate of drug-likeness (QED) is 0.456. The Kier molecular flexibility index (Phi) is 4.32. The molecule has 0 aliphatic heterocycles. The number of hydrogen-bond acceptors (Lipinski definition) is 1. The summed E-state index contributed by atoms with van der Waals surface area (Å²) in [6, 6.07) is 0. The van der Waals surface area contributed by atoms with E-state index < -0.39 is 0 Å². The number of H-pyrrole nitrogens is 1. The average Bonchev–Trinajstić information content (AvgIpc) is 2.15. The molecule has 4 heteroatoms. The van der Waals surface area contributed by atoms with Crippen LogP contribution in [0, 0.1) is 6.92 Å². The van der Waals surface area contributed by atoms with Gasteiger partial charge in [0.15, 0.2) is 5.78 Å². The molecule has 1 aromatic heterocycles. The van der Waals surface area contributed by atoms with Crippen LogP contribution in [0.5, 0.6) is 0 Å². The highest BCUT2D eigenvalue weighted by Gasteiger charge is 2.05. The maximum Gasteiger partial charge on any atom is 0.251 e. The normalized spacial score (nSPS) is 8.91. The zero-order chi connectivity index (χ0) is 7.56. The summed E-state index contributed by atoms with van der Waals surface area (Å²) in [5.74, 6) is 1.18. The molecule has 11 heavy (non-hydrogen) atoms. The highest BCUT2D eigenvalue weighted by atomic mass is 127. The third kappa shape index (κ3) is 3.00. The fourth-order valence-electron chi connectivity index (χ4n) is 0.854. The van der Waals surface area contributed by atoms with E-state index in [0.29, 0.717) is 6.54 Å². The van der Waals surface area contributed by atoms with E-state index in [9.17, 15) is 4.79 Å². The fourth-order valence-corrected chi connectivity index (χ4v) is 0.854. The van der Waals surface area contributed by atoms with Gasteiger partial charge in [0, 0.05) is 6.92 Å². The SMILES string of the molecule is CC(=O)C[n+]1cc[nH]c1C.[I-].